The van der Waals surface area contributed by atoms with Crippen LogP contribution in [-0.2, 0) is 13.0 Å². The van der Waals surface area contributed by atoms with Crippen LogP contribution in [0, 0.1) is 0 Å². The fraction of sp³-hybridized carbons (Fsp3) is 0.333. The van der Waals surface area contributed by atoms with Crippen LogP contribution in [0.5, 0.6) is 0 Å². The van der Waals surface area contributed by atoms with Gasteiger partial charge in [0.25, 0.3) is 11.5 Å². The first-order chi connectivity index (χ1) is 14.6. The van der Waals surface area contributed by atoms with Gasteiger partial charge in [0.2, 0.25) is 0 Å². The number of carbonyl (C=O) groups is 1. The molecule has 3 heterocycles. The number of nitrogens with zero attached hydrogens (tertiary/aromatic N) is 2. The van der Waals surface area contributed by atoms with Gasteiger partial charge in [-0.2, -0.15) is 0 Å². The van der Waals surface area contributed by atoms with Crippen LogP contribution in [0.4, 0.5) is 0 Å². The van der Waals surface area contributed by atoms with E-state index in [0.717, 1.165) is 42.2 Å². The van der Waals surface area contributed by atoms with E-state index >= 15 is 0 Å². The number of pyridine rings is 1. The van der Waals surface area contributed by atoms with Crippen LogP contribution < -0.4 is 10.9 Å². The Hall–Kier alpha value is -2.70. The van der Waals surface area contributed by atoms with Gasteiger partial charge in [0, 0.05) is 25.2 Å². The van der Waals surface area contributed by atoms with Crippen LogP contribution in [0.1, 0.15) is 29.8 Å². The third kappa shape index (κ3) is 3.85. The summed E-state index contributed by atoms with van der Waals surface area (Å²) in [6.07, 6.45) is 0.813. The molecule has 2 aromatic heterocycles. The standard InChI is InChI=1S/C24H27N3O2S/c1-3-26(4-2)14-12-25-23(28)20-16-19(17-8-6-5-7-9-17)24(29)27-13-10-18-11-15-30-22(18)21(20)27/h5-9,11,15-16H,3-4,10,12-14H2,1-2H3,(H,25,28). The molecule has 0 fully saturated rings. The monoisotopic (exact) mass is 421 g/mol. The van der Waals surface area contributed by atoms with Crippen molar-refractivity contribution in [1.29, 1.82) is 0 Å². The van der Waals surface area contributed by atoms with Crippen molar-refractivity contribution in [3.63, 3.8) is 0 Å². The Morgan fingerprint density at radius 3 is 2.67 bits per heavy atom. The molecule has 0 aliphatic carbocycles. The Morgan fingerprint density at radius 2 is 1.93 bits per heavy atom. The molecule has 6 heteroatoms. The molecule has 1 aliphatic heterocycles. The van der Waals surface area contributed by atoms with Gasteiger partial charge in [0.1, 0.15) is 0 Å². The van der Waals surface area contributed by atoms with Crippen molar-refractivity contribution in [2.24, 2.45) is 0 Å². The number of rotatable bonds is 7. The van der Waals surface area contributed by atoms with Crippen molar-refractivity contribution in [3.05, 3.63) is 69.3 Å². The Labute approximate surface area is 181 Å². The van der Waals surface area contributed by atoms with Crippen molar-refractivity contribution >= 4 is 17.2 Å². The second kappa shape index (κ2) is 8.98. The molecular formula is C24H27N3O2S. The van der Waals surface area contributed by atoms with Crippen LogP contribution in [-0.4, -0.2) is 41.6 Å². The predicted octanol–water partition coefficient (Wildman–Crippen LogP) is 3.87. The molecule has 0 bridgehead atoms. The van der Waals surface area contributed by atoms with Crippen LogP contribution in [0.15, 0.2) is 52.6 Å². The minimum Gasteiger partial charge on any atom is -0.351 e. The number of benzene rings is 1. The fourth-order valence-electron chi connectivity index (χ4n) is 4.06. The van der Waals surface area contributed by atoms with Gasteiger partial charge in [0.15, 0.2) is 0 Å². The predicted molar refractivity (Wildman–Crippen MR) is 123 cm³/mol. The zero-order chi connectivity index (χ0) is 21.1. The molecule has 156 valence electrons. The van der Waals surface area contributed by atoms with E-state index in [0.29, 0.717) is 24.2 Å². The van der Waals surface area contributed by atoms with Crippen LogP contribution in [0.3, 0.4) is 0 Å². The first kappa shape index (κ1) is 20.6. The minimum absolute atomic E-state index is 0.0325. The van der Waals surface area contributed by atoms with E-state index < -0.39 is 0 Å². The van der Waals surface area contributed by atoms with Crippen molar-refractivity contribution in [2.45, 2.75) is 26.8 Å². The SMILES string of the molecule is CCN(CC)CCNC(=O)c1cc(-c2ccccc2)c(=O)n2c1-c1sccc1CC2. The number of carbonyl (C=O) groups excluding carboxylic acids is 1. The maximum Gasteiger partial charge on any atom is 0.258 e. The third-order valence-corrected chi connectivity index (χ3v) is 6.76. The maximum absolute atomic E-state index is 13.3. The smallest absolute Gasteiger partial charge is 0.258 e. The molecule has 0 radical (unpaired) electrons. The molecule has 0 saturated carbocycles. The van der Waals surface area contributed by atoms with E-state index in [4.69, 9.17) is 0 Å². The molecule has 30 heavy (non-hydrogen) atoms. The molecule has 1 N–H and O–H groups in total. The summed E-state index contributed by atoms with van der Waals surface area (Å²) in [7, 11) is 0. The Balaban J connectivity index is 1.77. The summed E-state index contributed by atoms with van der Waals surface area (Å²) >= 11 is 1.60. The van der Waals surface area contributed by atoms with E-state index in [9.17, 15) is 9.59 Å². The summed E-state index contributed by atoms with van der Waals surface area (Å²) in [5.74, 6) is -0.121. The fourth-order valence-corrected chi connectivity index (χ4v) is 5.08. The lowest BCUT2D eigenvalue weighted by atomic mass is 9.98. The zero-order valence-electron chi connectivity index (χ0n) is 17.5. The van der Waals surface area contributed by atoms with Crippen molar-refractivity contribution in [1.82, 2.24) is 14.8 Å². The second-order valence-corrected chi connectivity index (χ2v) is 8.37. The zero-order valence-corrected chi connectivity index (χ0v) is 18.3. The average molecular weight is 422 g/mol. The number of aromatic nitrogens is 1. The van der Waals surface area contributed by atoms with E-state index in [1.54, 1.807) is 22.0 Å². The average Bonchev–Trinajstić information content (AvgIpc) is 3.26. The van der Waals surface area contributed by atoms with Crippen LogP contribution in [0.25, 0.3) is 21.7 Å². The highest BCUT2D eigenvalue weighted by Crippen LogP contribution is 2.36. The normalized spacial score (nSPS) is 12.5. The van der Waals surface area contributed by atoms with Gasteiger partial charge in [-0.1, -0.05) is 44.2 Å². The Morgan fingerprint density at radius 1 is 1.17 bits per heavy atom. The van der Waals surface area contributed by atoms with Gasteiger partial charge in [-0.25, -0.2) is 0 Å². The molecular weight excluding hydrogens is 394 g/mol. The molecule has 0 saturated heterocycles. The lowest BCUT2D eigenvalue weighted by Crippen LogP contribution is -2.36. The lowest BCUT2D eigenvalue weighted by molar-refractivity contribution is 0.0949. The van der Waals surface area contributed by atoms with Crippen LogP contribution in [0.2, 0.25) is 0 Å². The molecule has 0 unspecified atom stereocenters. The molecule has 1 aromatic carbocycles. The Bertz CT molecular complexity index is 1100. The summed E-state index contributed by atoms with van der Waals surface area (Å²) in [6, 6.07) is 13.5. The van der Waals surface area contributed by atoms with Crippen molar-refractivity contribution in [2.75, 3.05) is 26.2 Å². The molecule has 0 spiro atoms. The van der Waals surface area contributed by atoms with E-state index in [1.807, 2.05) is 35.7 Å². The van der Waals surface area contributed by atoms with E-state index in [2.05, 4.69) is 30.1 Å². The molecule has 1 aliphatic rings. The first-order valence-corrected chi connectivity index (χ1v) is 11.4. The quantitative estimate of drug-likeness (QED) is 0.630. The molecule has 4 rings (SSSR count). The highest BCUT2D eigenvalue weighted by molar-refractivity contribution is 7.13. The first-order valence-electron chi connectivity index (χ1n) is 10.5. The highest BCUT2D eigenvalue weighted by Gasteiger charge is 2.26. The van der Waals surface area contributed by atoms with Crippen LogP contribution >= 0.6 is 11.3 Å². The number of hydrogen-bond acceptors (Lipinski definition) is 4. The number of likely N-dealkylation sites (N-methyl/N-ethyl adjacent to an activating group) is 1. The van der Waals surface area contributed by atoms with E-state index in [-0.39, 0.29) is 11.5 Å². The maximum atomic E-state index is 13.3. The van der Waals surface area contributed by atoms with Gasteiger partial charge in [-0.15, -0.1) is 11.3 Å². The van der Waals surface area contributed by atoms with Gasteiger partial charge >= 0.3 is 0 Å². The number of amides is 1. The highest BCUT2D eigenvalue weighted by atomic mass is 32.1. The second-order valence-electron chi connectivity index (χ2n) is 7.45. The summed E-state index contributed by atoms with van der Waals surface area (Å²) in [5.41, 5.74) is 3.94. The summed E-state index contributed by atoms with van der Waals surface area (Å²) in [4.78, 5) is 29.9. The number of nitrogens with one attached hydrogen (secondary N) is 1. The van der Waals surface area contributed by atoms with Crippen molar-refractivity contribution < 1.29 is 4.79 Å². The summed E-state index contributed by atoms with van der Waals surface area (Å²) in [5, 5.41) is 5.12. The summed E-state index contributed by atoms with van der Waals surface area (Å²) < 4.78 is 1.79. The lowest BCUT2D eigenvalue weighted by Gasteiger charge is -2.23. The molecule has 5 nitrogen and oxygen atoms in total. The Kier molecular flexibility index (Phi) is 6.16. The number of fused-ring (bicyclic) bond motifs is 3. The van der Waals surface area contributed by atoms with Gasteiger partial charge < -0.3 is 14.8 Å². The van der Waals surface area contributed by atoms with Crippen molar-refractivity contribution in [3.8, 4) is 21.7 Å². The molecule has 3 aromatic rings. The largest absolute Gasteiger partial charge is 0.351 e. The van der Waals surface area contributed by atoms with E-state index in [1.165, 1.54) is 5.56 Å². The van der Waals surface area contributed by atoms with Gasteiger partial charge in [0.05, 0.1) is 16.1 Å². The molecule has 0 atom stereocenters. The topological polar surface area (TPSA) is 54.3 Å². The number of aryl methyl sites for hydroxylation is 1. The minimum atomic E-state index is -0.121. The van der Waals surface area contributed by atoms with Gasteiger partial charge in [-0.05, 0) is 48.2 Å². The number of hydrogen-bond donors (Lipinski definition) is 1. The molecule has 1 amide bonds. The van der Waals surface area contributed by atoms with Gasteiger partial charge in [-0.3, -0.25) is 9.59 Å². The number of thiophene rings is 1. The third-order valence-electron chi connectivity index (χ3n) is 5.79. The summed E-state index contributed by atoms with van der Waals surface area (Å²) in [6.45, 7) is 8.14.